The second kappa shape index (κ2) is 7.28. The van der Waals surface area contributed by atoms with Crippen molar-refractivity contribution >= 4 is 11.6 Å². The summed E-state index contributed by atoms with van der Waals surface area (Å²) < 4.78 is 0. The van der Waals surface area contributed by atoms with E-state index in [-0.39, 0.29) is 6.61 Å². The largest absolute Gasteiger partial charge is 0.396 e. The summed E-state index contributed by atoms with van der Waals surface area (Å²) in [6.45, 7) is 4.13. The monoisotopic (exact) mass is 264 g/mol. The normalized spacial score (nSPS) is 15.1. The fourth-order valence-electron chi connectivity index (χ4n) is 2.26. The first kappa shape index (κ1) is 14.1. The molecule has 0 saturated heterocycles. The van der Waals surface area contributed by atoms with E-state index in [0.29, 0.717) is 6.04 Å². The van der Waals surface area contributed by atoms with Crippen molar-refractivity contribution in [2.24, 2.45) is 0 Å². The maximum Gasteiger partial charge on any atom is 0.149 e. The Balaban J connectivity index is 2.06. The first-order chi connectivity index (χ1) is 9.35. The Hall–Kier alpha value is -1.36. The van der Waals surface area contributed by atoms with E-state index in [1.54, 1.807) is 6.20 Å². The van der Waals surface area contributed by atoms with Gasteiger partial charge in [0.25, 0.3) is 0 Å². The minimum Gasteiger partial charge on any atom is -0.396 e. The average Bonchev–Trinajstić information content (AvgIpc) is 2.39. The van der Waals surface area contributed by atoms with Gasteiger partial charge >= 0.3 is 0 Å². The van der Waals surface area contributed by atoms with Gasteiger partial charge in [-0.3, -0.25) is 4.98 Å². The third-order valence-electron chi connectivity index (χ3n) is 3.54. The summed E-state index contributed by atoms with van der Waals surface area (Å²) in [7, 11) is 0. The number of hydrogen-bond acceptors (Lipinski definition) is 5. The fraction of sp³-hybridized carbons (Fsp3) is 0.714. The molecule has 2 N–H and O–H groups in total. The molecular weight excluding hydrogens is 240 g/mol. The van der Waals surface area contributed by atoms with E-state index in [9.17, 15) is 0 Å². The highest BCUT2D eigenvalue weighted by Crippen LogP contribution is 2.28. The van der Waals surface area contributed by atoms with Crippen molar-refractivity contribution in [3.8, 4) is 0 Å². The summed E-state index contributed by atoms with van der Waals surface area (Å²) in [5.74, 6) is 1.77. The molecule has 0 spiro atoms. The Labute approximate surface area is 115 Å². The number of hydrogen-bond donors (Lipinski definition) is 2. The Morgan fingerprint density at radius 1 is 1.42 bits per heavy atom. The van der Waals surface area contributed by atoms with Crippen LogP contribution >= 0.6 is 0 Å². The van der Waals surface area contributed by atoms with Gasteiger partial charge in [-0.1, -0.05) is 6.92 Å². The van der Waals surface area contributed by atoms with Crippen LogP contribution in [0.1, 0.15) is 39.0 Å². The molecular formula is C14H24N4O. The van der Waals surface area contributed by atoms with Crippen LogP contribution in [-0.2, 0) is 0 Å². The topological polar surface area (TPSA) is 61.3 Å². The molecule has 0 unspecified atom stereocenters. The predicted molar refractivity (Wildman–Crippen MR) is 77.5 cm³/mol. The van der Waals surface area contributed by atoms with Gasteiger partial charge in [0, 0.05) is 25.7 Å². The van der Waals surface area contributed by atoms with Crippen LogP contribution in [0, 0.1) is 0 Å². The molecule has 19 heavy (non-hydrogen) atoms. The van der Waals surface area contributed by atoms with Gasteiger partial charge in [0.2, 0.25) is 0 Å². The molecule has 1 aliphatic carbocycles. The molecule has 0 aromatic carbocycles. The summed E-state index contributed by atoms with van der Waals surface area (Å²) in [6.07, 6.45) is 9.19. The lowest BCUT2D eigenvalue weighted by Gasteiger charge is -2.38. The molecule has 0 atom stereocenters. The van der Waals surface area contributed by atoms with Crippen LogP contribution in [0.2, 0.25) is 0 Å². The molecule has 1 saturated carbocycles. The first-order valence-corrected chi connectivity index (χ1v) is 7.28. The van der Waals surface area contributed by atoms with E-state index < -0.39 is 0 Å². The van der Waals surface area contributed by atoms with Crippen molar-refractivity contribution in [2.75, 3.05) is 29.9 Å². The molecule has 1 aromatic heterocycles. The molecule has 5 nitrogen and oxygen atoms in total. The summed E-state index contributed by atoms with van der Waals surface area (Å²) in [5.41, 5.74) is 0. The Morgan fingerprint density at radius 2 is 2.26 bits per heavy atom. The lowest BCUT2D eigenvalue weighted by Crippen LogP contribution is -2.41. The van der Waals surface area contributed by atoms with Gasteiger partial charge in [0.1, 0.15) is 11.6 Å². The Kier molecular flexibility index (Phi) is 5.39. The second-order valence-electron chi connectivity index (χ2n) is 5.04. The minimum absolute atomic E-state index is 0.227. The smallest absolute Gasteiger partial charge is 0.149 e. The van der Waals surface area contributed by atoms with E-state index in [1.165, 1.54) is 19.3 Å². The van der Waals surface area contributed by atoms with Gasteiger partial charge in [0.15, 0.2) is 0 Å². The lowest BCUT2D eigenvalue weighted by molar-refractivity contribution is 0.282. The average molecular weight is 264 g/mol. The number of aliphatic hydroxyl groups excluding tert-OH is 1. The number of aromatic nitrogens is 2. The van der Waals surface area contributed by atoms with Crippen LogP contribution in [0.4, 0.5) is 11.6 Å². The predicted octanol–water partition coefficient (Wildman–Crippen LogP) is 2.04. The van der Waals surface area contributed by atoms with E-state index >= 15 is 0 Å². The van der Waals surface area contributed by atoms with Gasteiger partial charge in [-0.05, 0) is 32.1 Å². The molecule has 0 amide bonds. The SMILES string of the molecule is CCCNc1cncc(N(CCCO)C2CCC2)n1. The second-order valence-corrected chi connectivity index (χ2v) is 5.04. The zero-order valence-corrected chi connectivity index (χ0v) is 11.7. The number of nitrogens with zero attached hydrogens (tertiary/aromatic N) is 3. The van der Waals surface area contributed by atoms with Crippen molar-refractivity contribution < 1.29 is 5.11 Å². The third kappa shape index (κ3) is 3.80. The van der Waals surface area contributed by atoms with Crippen molar-refractivity contribution in [1.82, 2.24) is 9.97 Å². The highest BCUT2D eigenvalue weighted by atomic mass is 16.3. The van der Waals surface area contributed by atoms with Crippen molar-refractivity contribution in [1.29, 1.82) is 0 Å². The van der Waals surface area contributed by atoms with Gasteiger partial charge in [-0.15, -0.1) is 0 Å². The zero-order chi connectivity index (χ0) is 13.5. The van der Waals surface area contributed by atoms with E-state index in [1.807, 2.05) is 6.20 Å². The van der Waals surface area contributed by atoms with E-state index in [0.717, 1.165) is 37.6 Å². The molecule has 1 fully saturated rings. The minimum atomic E-state index is 0.227. The number of anilines is 2. The maximum atomic E-state index is 9.03. The molecule has 106 valence electrons. The van der Waals surface area contributed by atoms with Crippen LogP contribution in [0.15, 0.2) is 12.4 Å². The van der Waals surface area contributed by atoms with Crippen LogP contribution < -0.4 is 10.2 Å². The Bertz CT molecular complexity index is 381. The van der Waals surface area contributed by atoms with Crippen molar-refractivity contribution in [2.45, 2.75) is 45.1 Å². The summed E-state index contributed by atoms with van der Waals surface area (Å²) in [6, 6.07) is 0.572. The molecule has 1 heterocycles. The van der Waals surface area contributed by atoms with Crippen LogP contribution in [0.25, 0.3) is 0 Å². The first-order valence-electron chi connectivity index (χ1n) is 7.28. The van der Waals surface area contributed by atoms with Crippen LogP contribution in [-0.4, -0.2) is 40.8 Å². The van der Waals surface area contributed by atoms with E-state index in [2.05, 4.69) is 27.1 Å². The summed E-state index contributed by atoms with van der Waals surface area (Å²) in [4.78, 5) is 11.2. The maximum absolute atomic E-state index is 9.03. The van der Waals surface area contributed by atoms with Gasteiger partial charge in [0.05, 0.1) is 12.4 Å². The molecule has 0 radical (unpaired) electrons. The molecule has 1 aliphatic rings. The Morgan fingerprint density at radius 3 is 2.89 bits per heavy atom. The number of aliphatic hydroxyl groups is 1. The molecule has 2 rings (SSSR count). The fourth-order valence-corrected chi connectivity index (χ4v) is 2.26. The quantitative estimate of drug-likeness (QED) is 0.752. The van der Waals surface area contributed by atoms with Crippen LogP contribution in [0.3, 0.4) is 0 Å². The van der Waals surface area contributed by atoms with Gasteiger partial charge < -0.3 is 15.3 Å². The number of nitrogens with one attached hydrogen (secondary N) is 1. The lowest BCUT2D eigenvalue weighted by atomic mass is 9.91. The molecule has 1 aromatic rings. The van der Waals surface area contributed by atoms with Gasteiger partial charge in [-0.25, -0.2) is 4.98 Å². The van der Waals surface area contributed by atoms with Crippen molar-refractivity contribution in [3.63, 3.8) is 0 Å². The third-order valence-corrected chi connectivity index (χ3v) is 3.54. The number of rotatable bonds is 8. The summed E-state index contributed by atoms with van der Waals surface area (Å²) >= 11 is 0. The summed E-state index contributed by atoms with van der Waals surface area (Å²) in [5, 5.41) is 12.3. The highest BCUT2D eigenvalue weighted by molar-refractivity contribution is 5.45. The molecule has 0 bridgehead atoms. The van der Waals surface area contributed by atoms with Crippen LogP contribution in [0.5, 0.6) is 0 Å². The highest BCUT2D eigenvalue weighted by Gasteiger charge is 2.25. The van der Waals surface area contributed by atoms with Gasteiger partial charge in [-0.2, -0.15) is 0 Å². The zero-order valence-electron chi connectivity index (χ0n) is 11.7. The standard InChI is InChI=1S/C14H24N4O/c1-2-7-16-13-10-15-11-14(17-13)18(8-4-9-19)12-5-3-6-12/h10-12,19H,2-9H2,1H3,(H,16,17). The molecule has 0 aliphatic heterocycles. The van der Waals surface area contributed by atoms with Crippen molar-refractivity contribution in [3.05, 3.63) is 12.4 Å². The van der Waals surface area contributed by atoms with E-state index in [4.69, 9.17) is 5.11 Å². The molecule has 5 heteroatoms.